The van der Waals surface area contributed by atoms with Crippen LogP contribution in [0, 0.1) is 17.2 Å². The normalized spacial score (nSPS) is 12.5. The molecule has 1 atom stereocenters. The molecular formula is C13H15Cl2N. The van der Waals surface area contributed by atoms with Crippen LogP contribution in [-0.2, 0) is 0 Å². The summed E-state index contributed by atoms with van der Waals surface area (Å²) in [4.78, 5) is 0. The standard InChI is InChI=1S/C13H15Cl2N/c1-9(2)3-4-10(8-16)12-6-5-11(14)7-13(12)15/h5-7,9-10H,3-4H2,1-2H3/t10-/m1/s1. The maximum absolute atomic E-state index is 9.14. The third kappa shape index (κ3) is 3.70. The number of hydrogen-bond donors (Lipinski definition) is 0. The molecule has 0 aromatic heterocycles. The summed E-state index contributed by atoms with van der Waals surface area (Å²) in [7, 11) is 0. The third-order valence-corrected chi connectivity index (χ3v) is 3.09. The Kier molecular flexibility index (Phi) is 5.12. The van der Waals surface area contributed by atoms with E-state index in [9.17, 15) is 0 Å². The Balaban J connectivity index is 2.84. The molecule has 1 aromatic carbocycles. The SMILES string of the molecule is CC(C)CC[C@H](C#N)c1ccc(Cl)cc1Cl. The summed E-state index contributed by atoms with van der Waals surface area (Å²) >= 11 is 11.9. The van der Waals surface area contributed by atoms with E-state index >= 15 is 0 Å². The predicted molar refractivity (Wildman–Crippen MR) is 68.9 cm³/mol. The second kappa shape index (κ2) is 6.13. The molecule has 0 aliphatic heterocycles. The minimum Gasteiger partial charge on any atom is -0.198 e. The predicted octanol–water partition coefficient (Wildman–Crippen LogP) is 5.04. The van der Waals surface area contributed by atoms with Crippen molar-refractivity contribution < 1.29 is 0 Å². The quantitative estimate of drug-likeness (QED) is 0.740. The largest absolute Gasteiger partial charge is 0.198 e. The molecule has 0 fully saturated rings. The number of benzene rings is 1. The van der Waals surface area contributed by atoms with E-state index in [1.807, 2.05) is 6.07 Å². The Hall–Kier alpha value is -0.710. The van der Waals surface area contributed by atoms with Gasteiger partial charge in [0.25, 0.3) is 0 Å². The van der Waals surface area contributed by atoms with Gasteiger partial charge in [-0.05, 0) is 36.5 Å². The number of halogens is 2. The van der Waals surface area contributed by atoms with E-state index in [4.69, 9.17) is 28.5 Å². The van der Waals surface area contributed by atoms with Gasteiger partial charge < -0.3 is 0 Å². The van der Waals surface area contributed by atoms with Crippen LogP contribution in [0.1, 0.15) is 38.2 Å². The minimum absolute atomic E-state index is 0.132. The number of hydrogen-bond acceptors (Lipinski definition) is 1. The Morgan fingerprint density at radius 2 is 1.94 bits per heavy atom. The van der Waals surface area contributed by atoms with E-state index in [1.165, 1.54) is 0 Å². The van der Waals surface area contributed by atoms with Gasteiger partial charge in [-0.3, -0.25) is 0 Å². The molecule has 1 nitrogen and oxygen atoms in total. The molecule has 86 valence electrons. The Bertz CT molecular complexity index is 393. The van der Waals surface area contributed by atoms with Crippen LogP contribution in [-0.4, -0.2) is 0 Å². The fourth-order valence-corrected chi connectivity index (χ4v) is 2.11. The van der Waals surface area contributed by atoms with Crippen LogP contribution >= 0.6 is 23.2 Å². The lowest BCUT2D eigenvalue weighted by Gasteiger charge is -2.12. The molecular weight excluding hydrogens is 241 g/mol. The van der Waals surface area contributed by atoms with Crippen LogP contribution in [0.3, 0.4) is 0 Å². The smallest absolute Gasteiger partial charge is 0.0727 e. The molecule has 0 saturated carbocycles. The highest BCUT2D eigenvalue weighted by Crippen LogP contribution is 2.30. The average molecular weight is 256 g/mol. The lowest BCUT2D eigenvalue weighted by atomic mass is 9.92. The van der Waals surface area contributed by atoms with Gasteiger partial charge in [0, 0.05) is 10.0 Å². The van der Waals surface area contributed by atoms with Crippen molar-refractivity contribution in [2.24, 2.45) is 5.92 Å². The maximum atomic E-state index is 9.14. The second-order valence-electron chi connectivity index (χ2n) is 4.32. The molecule has 3 heteroatoms. The van der Waals surface area contributed by atoms with Crippen LogP contribution in [0.4, 0.5) is 0 Å². The molecule has 0 aliphatic carbocycles. The highest BCUT2D eigenvalue weighted by molar-refractivity contribution is 6.35. The summed E-state index contributed by atoms with van der Waals surface area (Å²) in [6.07, 6.45) is 1.87. The first-order valence-electron chi connectivity index (χ1n) is 5.39. The zero-order chi connectivity index (χ0) is 12.1. The molecule has 1 rings (SSSR count). The summed E-state index contributed by atoms with van der Waals surface area (Å²) in [6, 6.07) is 7.63. The van der Waals surface area contributed by atoms with E-state index in [0.717, 1.165) is 18.4 Å². The van der Waals surface area contributed by atoms with Crippen LogP contribution in [0.25, 0.3) is 0 Å². The van der Waals surface area contributed by atoms with Crippen molar-refractivity contribution in [3.63, 3.8) is 0 Å². The molecule has 0 bridgehead atoms. The zero-order valence-electron chi connectivity index (χ0n) is 9.50. The van der Waals surface area contributed by atoms with Gasteiger partial charge >= 0.3 is 0 Å². The van der Waals surface area contributed by atoms with E-state index in [2.05, 4.69) is 19.9 Å². The summed E-state index contributed by atoms with van der Waals surface area (Å²) in [5.41, 5.74) is 0.884. The molecule has 0 unspecified atom stereocenters. The van der Waals surface area contributed by atoms with E-state index in [0.29, 0.717) is 16.0 Å². The van der Waals surface area contributed by atoms with Crippen molar-refractivity contribution in [1.29, 1.82) is 5.26 Å². The molecule has 0 aliphatic rings. The van der Waals surface area contributed by atoms with Crippen LogP contribution in [0.15, 0.2) is 18.2 Å². The summed E-state index contributed by atoms with van der Waals surface area (Å²) in [5, 5.41) is 10.3. The van der Waals surface area contributed by atoms with E-state index in [-0.39, 0.29) is 5.92 Å². The molecule has 0 N–H and O–H groups in total. The number of nitrogens with zero attached hydrogens (tertiary/aromatic N) is 1. The minimum atomic E-state index is -0.132. The summed E-state index contributed by atoms with van der Waals surface area (Å²) in [5.74, 6) is 0.467. The number of rotatable bonds is 4. The molecule has 0 heterocycles. The Labute approximate surface area is 107 Å². The van der Waals surface area contributed by atoms with Gasteiger partial charge in [0.2, 0.25) is 0 Å². The third-order valence-electron chi connectivity index (χ3n) is 2.53. The first-order valence-corrected chi connectivity index (χ1v) is 6.14. The van der Waals surface area contributed by atoms with Crippen molar-refractivity contribution in [3.8, 4) is 6.07 Å². The molecule has 0 radical (unpaired) electrons. The van der Waals surface area contributed by atoms with Crippen LogP contribution in [0.5, 0.6) is 0 Å². The highest BCUT2D eigenvalue weighted by Gasteiger charge is 2.14. The molecule has 1 aromatic rings. The first-order chi connectivity index (χ1) is 7.54. The first kappa shape index (κ1) is 13.4. The summed E-state index contributed by atoms with van der Waals surface area (Å²) < 4.78 is 0. The summed E-state index contributed by atoms with van der Waals surface area (Å²) in [6.45, 7) is 4.30. The van der Waals surface area contributed by atoms with Gasteiger partial charge in [-0.2, -0.15) is 5.26 Å². The van der Waals surface area contributed by atoms with Crippen LogP contribution in [0.2, 0.25) is 10.0 Å². The Morgan fingerprint density at radius 1 is 1.25 bits per heavy atom. The topological polar surface area (TPSA) is 23.8 Å². The van der Waals surface area contributed by atoms with Gasteiger partial charge in [0.1, 0.15) is 0 Å². The van der Waals surface area contributed by atoms with Crippen molar-refractivity contribution in [2.75, 3.05) is 0 Å². The molecule has 0 spiro atoms. The lowest BCUT2D eigenvalue weighted by molar-refractivity contribution is 0.537. The van der Waals surface area contributed by atoms with Gasteiger partial charge in [0.05, 0.1) is 12.0 Å². The average Bonchev–Trinajstić information content (AvgIpc) is 2.21. The van der Waals surface area contributed by atoms with E-state index in [1.54, 1.807) is 12.1 Å². The van der Waals surface area contributed by atoms with Gasteiger partial charge in [-0.1, -0.05) is 43.1 Å². The van der Waals surface area contributed by atoms with Gasteiger partial charge in [-0.15, -0.1) is 0 Å². The highest BCUT2D eigenvalue weighted by atomic mass is 35.5. The monoisotopic (exact) mass is 255 g/mol. The maximum Gasteiger partial charge on any atom is 0.0727 e. The Morgan fingerprint density at radius 3 is 2.44 bits per heavy atom. The molecule has 0 saturated heterocycles. The van der Waals surface area contributed by atoms with Crippen molar-refractivity contribution >= 4 is 23.2 Å². The van der Waals surface area contributed by atoms with Crippen molar-refractivity contribution in [3.05, 3.63) is 33.8 Å². The van der Waals surface area contributed by atoms with Crippen molar-refractivity contribution in [1.82, 2.24) is 0 Å². The number of nitriles is 1. The van der Waals surface area contributed by atoms with Gasteiger partial charge in [0.15, 0.2) is 0 Å². The fraction of sp³-hybridized carbons (Fsp3) is 0.462. The lowest BCUT2D eigenvalue weighted by Crippen LogP contribution is -1.99. The van der Waals surface area contributed by atoms with Crippen molar-refractivity contribution in [2.45, 2.75) is 32.6 Å². The molecule has 0 amide bonds. The van der Waals surface area contributed by atoms with E-state index < -0.39 is 0 Å². The second-order valence-corrected chi connectivity index (χ2v) is 5.16. The zero-order valence-corrected chi connectivity index (χ0v) is 11.0. The van der Waals surface area contributed by atoms with Gasteiger partial charge in [-0.25, -0.2) is 0 Å². The van der Waals surface area contributed by atoms with Crippen LogP contribution < -0.4 is 0 Å². The fourth-order valence-electron chi connectivity index (χ4n) is 1.57. The molecule has 16 heavy (non-hydrogen) atoms.